The highest BCUT2D eigenvalue weighted by atomic mass is 35.5. The van der Waals surface area contributed by atoms with E-state index in [-0.39, 0.29) is 23.6 Å². The molecule has 1 aromatic carbocycles. The SMILES string of the molecule is Cc1c(NCc2ccc(C(F)(F)F)c(Cl)c2)ncnc1C(=O)N1CCC(N2CCC(O)CC2)CC1. The molecule has 190 valence electrons. The number of hydrogen-bond donors (Lipinski definition) is 2. The summed E-state index contributed by atoms with van der Waals surface area (Å²) in [4.78, 5) is 25.8. The first kappa shape index (κ1) is 25.7. The van der Waals surface area contributed by atoms with E-state index in [0.717, 1.165) is 44.8 Å². The number of carbonyl (C=O) groups excluding carboxylic acids is 1. The van der Waals surface area contributed by atoms with Crippen molar-refractivity contribution in [3.63, 3.8) is 0 Å². The fourth-order valence-corrected chi connectivity index (χ4v) is 5.07. The maximum absolute atomic E-state index is 13.2. The van der Waals surface area contributed by atoms with Crippen LogP contribution in [0.2, 0.25) is 5.02 Å². The van der Waals surface area contributed by atoms with Crippen LogP contribution in [0.5, 0.6) is 0 Å². The molecule has 2 aliphatic rings. The number of likely N-dealkylation sites (tertiary alicyclic amines) is 2. The number of aliphatic hydroxyl groups is 1. The van der Waals surface area contributed by atoms with Gasteiger partial charge in [0.05, 0.1) is 16.7 Å². The third kappa shape index (κ3) is 6.05. The molecule has 2 aromatic rings. The van der Waals surface area contributed by atoms with Crippen LogP contribution in [0.1, 0.15) is 52.9 Å². The van der Waals surface area contributed by atoms with E-state index in [1.807, 2.05) is 4.90 Å². The van der Waals surface area contributed by atoms with Gasteiger partial charge in [-0.15, -0.1) is 0 Å². The minimum Gasteiger partial charge on any atom is -0.393 e. The van der Waals surface area contributed by atoms with E-state index in [0.29, 0.717) is 41.8 Å². The van der Waals surface area contributed by atoms with Gasteiger partial charge in [-0.2, -0.15) is 13.2 Å². The first-order valence-corrected chi connectivity index (χ1v) is 12.1. The zero-order valence-electron chi connectivity index (χ0n) is 19.5. The molecule has 0 bridgehead atoms. The monoisotopic (exact) mass is 511 g/mol. The fraction of sp³-hybridized carbons (Fsp3) is 0.542. The van der Waals surface area contributed by atoms with Crippen molar-refractivity contribution < 1.29 is 23.1 Å². The molecule has 1 aromatic heterocycles. The second kappa shape index (κ2) is 10.7. The van der Waals surface area contributed by atoms with Gasteiger partial charge in [0.1, 0.15) is 17.8 Å². The highest BCUT2D eigenvalue weighted by Crippen LogP contribution is 2.35. The number of aromatic nitrogens is 2. The molecule has 0 saturated carbocycles. The summed E-state index contributed by atoms with van der Waals surface area (Å²) in [6.07, 6.45) is -0.0352. The Labute approximate surface area is 207 Å². The van der Waals surface area contributed by atoms with Crippen molar-refractivity contribution in [1.29, 1.82) is 0 Å². The number of piperidine rings is 2. The van der Waals surface area contributed by atoms with E-state index in [1.165, 1.54) is 18.5 Å². The summed E-state index contributed by atoms with van der Waals surface area (Å²) < 4.78 is 38.8. The minimum atomic E-state index is -4.51. The van der Waals surface area contributed by atoms with Crippen LogP contribution in [0.15, 0.2) is 24.5 Å². The van der Waals surface area contributed by atoms with Crippen LogP contribution in [-0.4, -0.2) is 69.1 Å². The lowest BCUT2D eigenvalue weighted by Crippen LogP contribution is -2.49. The fourth-order valence-electron chi connectivity index (χ4n) is 4.76. The minimum absolute atomic E-state index is 0.155. The van der Waals surface area contributed by atoms with Crippen LogP contribution < -0.4 is 5.32 Å². The van der Waals surface area contributed by atoms with Crippen LogP contribution in [0.4, 0.5) is 19.0 Å². The average Bonchev–Trinajstić information content (AvgIpc) is 2.83. The van der Waals surface area contributed by atoms with Gasteiger partial charge in [0.2, 0.25) is 0 Å². The van der Waals surface area contributed by atoms with Crippen molar-refractivity contribution in [1.82, 2.24) is 19.8 Å². The molecular formula is C24H29ClF3N5O2. The lowest BCUT2D eigenvalue weighted by atomic mass is 9.98. The summed E-state index contributed by atoms with van der Waals surface area (Å²) in [5.41, 5.74) is 0.576. The first-order chi connectivity index (χ1) is 16.6. The molecule has 35 heavy (non-hydrogen) atoms. The predicted molar refractivity (Wildman–Crippen MR) is 126 cm³/mol. The van der Waals surface area contributed by atoms with E-state index >= 15 is 0 Å². The number of carbonyl (C=O) groups is 1. The van der Waals surface area contributed by atoms with Gasteiger partial charge >= 0.3 is 6.18 Å². The second-order valence-electron chi connectivity index (χ2n) is 9.15. The molecule has 0 spiro atoms. The first-order valence-electron chi connectivity index (χ1n) is 11.8. The van der Waals surface area contributed by atoms with Gasteiger partial charge in [-0.05, 0) is 50.3 Å². The van der Waals surface area contributed by atoms with E-state index in [1.54, 1.807) is 6.92 Å². The maximum Gasteiger partial charge on any atom is 0.417 e. The predicted octanol–water partition coefficient (Wildman–Crippen LogP) is 4.13. The van der Waals surface area contributed by atoms with Gasteiger partial charge in [-0.1, -0.05) is 17.7 Å². The molecule has 4 rings (SSSR count). The van der Waals surface area contributed by atoms with Gasteiger partial charge in [0, 0.05) is 44.3 Å². The summed E-state index contributed by atoms with van der Waals surface area (Å²) >= 11 is 5.81. The molecule has 3 heterocycles. The van der Waals surface area contributed by atoms with E-state index < -0.39 is 11.7 Å². The Morgan fingerprint density at radius 3 is 2.46 bits per heavy atom. The van der Waals surface area contributed by atoms with E-state index in [4.69, 9.17) is 11.6 Å². The molecule has 2 aliphatic heterocycles. The molecule has 0 unspecified atom stereocenters. The summed E-state index contributed by atoms with van der Waals surface area (Å²) in [7, 11) is 0. The molecule has 2 saturated heterocycles. The number of hydrogen-bond acceptors (Lipinski definition) is 6. The number of alkyl halides is 3. The van der Waals surface area contributed by atoms with Gasteiger partial charge in [0.25, 0.3) is 5.91 Å². The van der Waals surface area contributed by atoms with Crippen molar-refractivity contribution in [2.45, 2.75) is 57.5 Å². The number of benzene rings is 1. The highest BCUT2D eigenvalue weighted by Gasteiger charge is 2.33. The molecule has 1 amide bonds. The molecule has 0 aliphatic carbocycles. The van der Waals surface area contributed by atoms with Crippen molar-refractivity contribution in [3.8, 4) is 0 Å². The number of halogens is 4. The van der Waals surface area contributed by atoms with Crippen LogP contribution in [-0.2, 0) is 12.7 Å². The molecule has 2 N–H and O–H groups in total. The number of anilines is 1. The Balaban J connectivity index is 1.37. The normalized spacial score (nSPS) is 18.6. The van der Waals surface area contributed by atoms with Crippen LogP contribution >= 0.6 is 11.6 Å². The Hall–Kier alpha value is -2.43. The Morgan fingerprint density at radius 1 is 1.14 bits per heavy atom. The molecule has 0 radical (unpaired) electrons. The van der Waals surface area contributed by atoms with Gasteiger partial charge in [-0.25, -0.2) is 9.97 Å². The maximum atomic E-state index is 13.2. The van der Waals surface area contributed by atoms with Crippen LogP contribution in [0, 0.1) is 6.92 Å². The summed E-state index contributed by atoms with van der Waals surface area (Å²) in [6, 6.07) is 4.01. The van der Waals surface area contributed by atoms with E-state index in [2.05, 4.69) is 20.2 Å². The molecule has 7 nitrogen and oxygen atoms in total. The number of rotatable bonds is 5. The largest absolute Gasteiger partial charge is 0.417 e. The number of amides is 1. The summed E-state index contributed by atoms with van der Waals surface area (Å²) in [6.45, 7) is 5.01. The Bertz CT molecular complexity index is 1050. The standard InChI is InChI=1S/C24H29ClF3N5O2/c1-15-21(23(35)33-8-4-17(5-9-33)32-10-6-18(34)7-11-32)30-14-31-22(15)29-13-16-2-3-19(20(25)12-16)24(26,27)28/h2-3,12,14,17-18,34H,4-11,13H2,1H3,(H,29,30,31). The van der Waals surface area contributed by atoms with Crippen molar-refractivity contribution in [3.05, 3.63) is 51.9 Å². The smallest absolute Gasteiger partial charge is 0.393 e. The molecule has 2 fully saturated rings. The molecule has 0 atom stereocenters. The number of aliphatic hydroxyl groups excluding tert-OH is 1. The van der Waals surface area contributed by atoms with Crippen LogP contribution in [0.3, 0.4) is 0 Å². The quantitative estimate of drug-likeness (QED) is 0.628. The molecular weight excluding hydrogens is 483 g/mol. The topological polar surface area (TPSA) is 81.6 Å². The van der Waals surface area contributed by atoms with Crippen LogP contribution in [0.25, 0.3) is 0 Å². The van der Waals surface area contributed by atoms with Gasteiger partial charge in [-0.3, -0.25) is 4.79 Å². The lowest BCUT2D eigenvalue weighted by Gasteiger charge is -2.41. The lowest BCUT2D eigenvalue weighted by molar-refractivity contribution is -0.137. The van der Waals surface area contributed by atoms with Crippen molar-refractivity contribution >= 4 is 23.3 Å². The third-order valence-electron chi connectivity index (χ3n) is 6.85. The number of nitrogens with one attached hydrogen (secondary N) is 1. The summed E-state index contributed by atoms with van der Waals surface area (Å²) in [5.74, 6) is 0.291. The summed E-state index contributed by atoms with van der Waals surface area (Å²) in [5, 5.41) is 12.4. The zero-order valence-corrected chi connectivity index (χ0v) is 20.2. The zero-order chi connectivity index (χ0) is 25.2. The van der Waals surface area contributed by atoms with Gasteiger partial charge in [0.15, 0.2) is 0 Å². The average molecular weight is 512 g/mol. The Kier molecular flexibility index (Phi) is 7.83. The van der Waals surface area contributed by atoms with E-state index in [9.17, 15) is 23.1 Å². The highest BCUT2D eigenvalue weighted by molar-refractivity contribution is 6.31. The van der Waals surface area contributed by atoms with Gasteiger partial charge < -0.3 is 20.2 Å². The van der Waals surface area contributed by atoms with Crippen molar-refractivity contribution in [2.24, 2.45) is 0 Å². The Morgan fingerprint density at radius 2 is 1.83 bits per heavy atom. The number of nitrogens with zero attached hydrogens (tertiary/aromatic N) is 4. The third-order valence-corrected chi connectivity index (χ3v) is 7.17. The molecule has 11 heteroatoms. The van der Waals surface area contributed by atoms with Crippen molar-refractivity contribution in [2.75, 3.05) is 31.5 Å². The second-order valence-corrected chi connectivity index (χ2v) is 9.56.